The molecule has 0 bridgehead atoms. The van der Waals surface area contributed by atoms with Gasteiger partial charge in [-0.15, -0.1) is 0 Å². The van der Waals surface area contributed by atoms with Gasteiger partial charge in [0.15, 0.2) is 0 Å². The van der Waals surface area contributed by atoms with Crippen molar-refractivity contribution in [2.75, 3.05) is 14.2 Å². The van der Waals surface area contributed by atoms with Crippen LogP contribution in [0, 0.1) is 5.92 Å². The van der Waals surface area contributed by atoms with Crippen molar-refractivity contribution < 1.29 is 9.47 Å². The molecule has 0 fully saturated rings. The van der Waals surface area contributed by atoms with Gasteiger partial charge in [-0.2, -0.15) is 0 Å². The van der Waals surface area contributed by atoms with Gasteiger partial charge in [-0.25, -0.2) is 0 Å². The molecule has 1 aromatic rings. The van der Waals surface area contributed by atoms with Gasteiger partial charge >= 0.3 is 0 Å². The summed E-state index contributed by atoms with van der Waals surface area (Å²) >= 11 is 0. The number of nitrogens with one attached hydrogen (secondary N) is 1. The monoisotopic (exact) mass is 280 g/mol. The first-order chi connectivity index (χ1) is 9.69. The summed E-state index contributed by atoms with van der Waals surface area (Å²) in [4.78, 5) is 0. The van der Waals surface area contributed by atoms with E-state index in [1.165, 1.54) is 19.3 Å². The zero-order valence-corrected chi connectivity index (χ0v) is 13.1. The van der Waals surface area contributed by atoms with Crippen molar-refractivity contribution in [2.24, 2.45) is 11.8 Å². The average Bonchev–Trinajstić information content (AvgIpc) is 2.50. The molecule has 2 atom stereocenters. The van der Waals surface area contributed by atoms with Crippen LogP contribution in [0.1, 0.15) is 51.1 Å². The van der Waals surface area contributed by atoms with Crippen molar-refractivity contribution >= 4 is 0 Å². The van der Waals surface area contributed by atoms with E-state index in [0.29, 0.717) is 5.92 Å². The van der Waals surface area contributed by atoms with Gasteiger partial charge in [0.1, 0.15) is 11.5 Å². The lowest BCUT2D eigenvalue weighted by Gasteiger charge is -2.26. The molecular formula is C16H28N2O2. The van der Waals surface area contributed by atoms with Crippen molar-refractivity contribution in [3.05, 3.63) is 23.8 Å². The molecule has 0 spiro atoms. The van der Waals surface area contributed by atoms with Gasteiger partial charge < -0.3 is 9.47 Å². The highest BCUT2D eigenvalue weighted by Gasteiger charge is 2.21. The van der Waals surface area contributed by atoms with Gasteiger partial charge in [-0.1, -0.05) is 33.1 Å². The molecule has 1 aromatic carbocycles. The lowest BCUT2D eigenvalue weighted by atomic mass is 9.87. The second-order valence-electron chi connectivity index (χ2n) is 5.10. The summed E-state index contributed by atoms with van der Waals surface area (Å²) in [7, 11) is 3.33. The van der Waals surface area contributed by atoms with Crippen LogP contribution in [-0.4, -0.2) is 14.2 Å². The maximum absolute atomic E-state index is 5.80. The SMILES string of the molecule is CCCCC(CC)C(NN)c1cc(OC)cc(OC)c1. The van der Waals surface area contributed by atoms with Crippen LogP contribution in [0.2, 0.25) is 0 Å². The van der Waals surface area contributed by atoms with E-state index in [9.17, 15) is 0 Å². The van der Waals surface area contributed by atoms with Crippen LogP contribution < -0.4 is 20.7 Å². The van der Waals surface area contributed by atoms with Crippen molar-refractivity contribution in [3.63, 3.8) is 0 Å². The first-order valence-electron chi connectivity index (χ1n) is 7.39. The van der Waals surface area contributed by atoms with Crippen LogP contribution in [-0.2, 0) is 0 Å². The predicted molar refractivity (Wildman–Crippen MR) is 82.9 cm³/mol. The Morgan fingerprint density at radius 2 is 1.70 bits per heavy atom. The van der Waals surface area contributed by atoms with Crippen LogP contribution in [0.5, 0.6) is 11.5 Å². The first kappa shape index (κ1) is 16.8. The van der Waals surface area contributed by atoms with Crippen molar-refractivity contribution in [1.82, 2.24) is 5.43 Å². The van der Waals surface area contributed by atoms with Crippen molar-refractivity contribution in [1.29, 1.82) is 0 Å². The Morgan fingerprint density at radius 3 is 2.10 bits per heavy atom. The quantitative estimate of drug-likeness (QED) is 0.537. The molecule has 2 unspecified atom stereocenters. The van der Waals surface area contributed by atoms with E-state index in [-0.39, 0.29) is 6.04 Å². The number of hydrogen-bond acceptors (Lipinski definition) is 4. The van der Waals surface area contributed by atoms with Crippen LogP contribution in [0.4, 0.5) is 0 Å². The van der Waals surface area contributed by atoms with E-state index in [0.717, 1.165) is 23.5 Å². The van der Waals surface area contributed by atoms with Crippen LogP contribution in [0.3, 0.4) is 0 Å². The van der Waals surface area contributed by atoms with Crippen molar-refractivity contribution in [2.45, 2.75) is 45.6 Å². The lowest BCUT2D eigenvalue weighted by Crippen LogP contribution is -2.33. The fourth-order valence-corrected chi connectivity index (χ4v) is 2.59. The first-order valence-corrected chi connectivity index (χ1v) is 7.39. The Balaban J connectivity index is 3.02. The number of unbranched alkanes of at least 4 members (excludes halogenated alkanes) is 1. The summed E-state index contributed by atoms with van der Waals surface area (Å²) in [5.41, 5.74) is 4.09. The Labute approximate surface area is 122 Å². The minimum absolute atomic E-state index is 0.121. The smallest absolute Gasteiger partial charge is 0.122 e. The van der Waals surface area contributed by atoms with E-state index in [4.69, 9.17) is 15.3 Å². The summed E-state index contributed by atoms with van der Waals surface area (Å²) < 4.78 is 10.7. The Bertz CT molecular complexity index is 374. The molecule has 0 saturated heterocycles. The lowest BCUT2D eigenvalue weighted by molar-refractivity contribution is 0.323. The molecular weight excluding hydrogens is 252 g/mol. The highest BCUT2D eigenvalue weighted by atomic mass is 16.5. The summed E-state index contributed by atoms with van der Waals surface area (Å²) in [6, 6.07) is 6.06. The van der Waals surface area contributed by atoms with Crippen LogP contribution in [0.15, 0.2) is 18.2 Å². The maximum atomic E-state index is 5.80. The van der Waals surface area contributed by atoms with Gasteiger partial charge in [0.25, 0.3) is 0 Å². The number of methoxy groups -OCH3 is 2. The molecule has 20 heavy (non-hydrogen) atoms. The number of rotatable bonds is 9. The molecule has 0 amide bonds. The molecule has 0 aliphatic carbocycles. The van der Waals surface area contributed by atoms with E-state index in [2.05, 4.69) is 19.3 Å². The largest absolute Gasteiger partial charge is 0.497 e. The molecule has 0 heterocycles. The summed E-state index contributed by atoms with van der Waals surface area (Å²) in [5.74, 6) is 7.91. The molecule has 4 heteroatoms. The zero-order chi connectivity index (χ0) is 15.0. The van der Waals surface area contributed by atoms with Gasteiger partial charge in [-0.3, -0.25) is 11.3 Å². The van der Waals surface area contributed by atoms with E-state index in [1.54, 1.807) is 14.2 Å². The topological polar surface area (TPSA) is 56.5 Å². The normalized spacial score (nSPS) is 13.8. The minimum Gasteiger partial charge on any atom is -0.497 e. The molecule has 1 rings (SSSR count). The molecule has 0 aromatic heterocycles. The highest BCUT2D eigenvalue weighted by molar-refractivity contribution is 5.40. The van der Waals surface area contributed by atoms with E-state index in [1.807, 2.05) is 18.2 Å². The average molecular weight is 280 g/mol. The van der Waals surface area contributed by atoms with E-state index < -0.39 is 0 Å². The predicted octanol–water partition coefficient (Wildman–Crippen LogP) is 3.42. The van der Waals surface area contributed by atoms with Crippen LogP contribution >= 0.6 is 0 Å². The third-order valence-electron chi connectivity index (χ3n) is 3.84. The van der Waals surface area contributed by atoms with Gasteiger partial charge in [0.2, 0.25) is 0 Å². The molecule has 0 aliphatic rings. The number of nitrogens with two attached hydrogens (primary N) is 1. The van der Waals surface area contributed by atoms with Crippen molar-refractivity contribution in [3.8, 4) is 11.5 Å². The molecule has 114 valence electrons. The number of hydrazine groups is 1. The third-order valence-corrected chi connectivity index (χ3v) is 3.84. The second-order valence-corrected chi connectivity index (χ2v) is 5.10. The highest BCUT2D eigenvalue weighted by Crippen LogP contribution is 2.33. The van der Waals surface area contributed by atoms with Gasteiger partial charge in [-0.05, 0) is 30.0 Å². The zero-order valence-electron chi connectivity index (χ0n) is 13.1. The standard InChI is InChI=1S/C16H28N2O2/c1-5-7-8-12(6-2)16(18-17)13-9-14(19-3)11-15(10-13)20-4/h9-12,16,18H,5-8,17H2,1-4H3. The minimum atomic E-state index is 0.121. The maximum Gasteiger partial charge on any atom is 0.122 e. The summed E-state index contributed by atoms with van der Waals surface area (Å²) in [6.45, 7) is 4.42. The van der Waals surface area contributed by atoms with Gasteiger partial charge in [0.05, 0.1) is 14.2 Å². The number of ether oxygens (including phenoxy) is 2. The van der Waals surface area contributed by atoms with E-state index >= 15 is 0 Å². The number of benzene rings is 1. The Morgan fingerprint density at radius 1 is 1.10 bits per heavy atom. The fourth-order valence-electron chi connectivity index (χ4n) is 2.59. The summed E-state index contributed by atoms with van der Waals surface area (Å²) in [5, 5.41) is 0. The van der Waals surface area contributed by atoms with Crippen LogP contribution in [0.25, 0.3) is 0 Å². The molecule has 4 nitrogen and oxygen atoms in total. The third kappa shape index (κ3) is 4.39. The Kier molecular flexibility index (Phi) is 7.41. The fraction of sp³-hybridized carbons (Fsp3) is 0.625. The number of hydrogen-bond donors (Lipinski definition) is 2. The van der Waals surface area contributed by atoms with Gasteiger partial charge in [0, 0.05) is 12.1 Å². The molecule has 3 N–H and O–H groups in total. The molecule has 0 saturated carbocycles. The summed E-state index contributed by atoms with van der Waals surface area (Å²) in [6.07, 6.45) is 4.68. The Hall–Kier alpha value is -1.26. The molecule has 0 aliphatic heterocycles. The second kappa shape index (κ2) is 8.82. The molecule has 0 radical (unpaired) electrons.